The summed E-state index contributed by atoms with van der Waals surface area (Å²) in [7, 11) is 1.89. The number of esters is 2. The van der Waals surface area contributed by atoms with Crippen molar-refractivity contribution in [2.45, 2.75) is 38.4 Å². The van der Waals surface area contributed by atoms with E-state index < -0.39 is 36.5 Å². The van der Waals surface area contributed by atoms with Crippen LogP contribution in [0.3, 0.4) is 0 Å². The van der Waals surface area contributed by atoms with E-state index in [4.69, 9.17) is 25.7 Å². The third-order valence-corrected chi connectivity index (χ3v) is 4.76. The zero-order valence-electron chi connectivity index (χ0n) is 17.7. The number of carbonyl (C=O) groups excluding carboxylic acids is 2. The molecule has 0 spiro atoms. The molecule has 3 rings (SSSR count). The number of nitrogens with zero attached hydrogens (tertiary/aromatic N) is 5. The topological polar surface area (TPSA) is 161 Å². The molecule has 1 aliphatic heterocycles. The van der Waals surface area contributed by atoms with Crippen molar-refractivity contribution in [2.24, 2.45) is 5.73 Å². The highest BCUT2D eigenvalue weighted by molar-refractivity contribution is 5.81. The molecule has 0 radical (unpaired) electrons. The van der Waals surface area contributed by atoms with Crippen LogP contribution in [0.1, 0.15) is 20.1 Å². The molecule has 4 unspecified atom stereocenters. The Morgan fingerprint density at radius 3 is 2.58 bits per heavy atom. The molecule has 2 aromatic heterocycles. The van der Waals surface area contributed by atoms with Crippen LogP contribution in [0.5, 0.6) is 0 Å². The standard InChI is InChI=1S/C19H27N7O5/c1-11(27)29-15-13(8-25(3)7-5-4-6-20)31-19(16(15)30-12(2)28)26-10-24-14-17(21)22-9-23-18(14)26/h4-5,9-10,13,15-16,19H,6-8,20H2,1-3H3,(H2,21,22,23)/b5-4-. The first-order valence-corrected chi connectivity index (χ1v) is 9.78. The first kappa shape index (κ1) is 22.6. The van der Waals surface area contributed by atoms with Crippen molar-refractivity contribution in [3.8, 4) is 0 Å². The van der Waals surface area contributed by atoms with E-state index in [0.717, 1.165) is 0 Å². The molecule has 2 aromatic rings. The molecule has 168 valence electrons. The van der Waals surface area contributed by atoms with Gasteiger partial charge in [-0.1, -0.05) is 12.2 Å². The Morgan fingerprint density at radius 1 is 1.19 bits per heavy atom. The Bertz CT molecular complexity index is 962. The largest absolute Gasteiger partial charge is 0.456 e. The third-order valence-electron chi connectivity index (χ3n) is 4.76. The van der Waals surface area contributed by atoms with E-state index in [1.54, 1.807) is 4.57 Å². The number of anilines is 1. The van der Waals surface area contributed by atoms with Gasteiger partial charge < -0.3 is 25.7 Å². The molecule has 4 atom stereocenters. The molecule has 1 fully saturated rings. The Labute approximate surface area is 179 Å². The van der Waals surface area contributed by atoms with Crippen molar-refractivity contribution in [1.82, 2.24) is 24.4 Å². The average molecular weight is 433 g/mol. The monoisotopic (exact) mass is 433 g/mol. The van der Waals surface area contributed by atoms with E-state index in [-0.39, 0.29) is 5.82 Å². The SMILES string of the molecule is CC(=O)OC1C(CN(C)C/C=C\CN)OC(n2cnc3c(N)ncnc32)C1OC(C)=O. The Morgan fingerprint density at radius 2 is 1.90 bits per heavy atom. The van der Waals surface area contributed by atoms with Crippen LogP contribution in [-0.2, 0) is 23.8 Å². The van der Waals surface area contributed by atoms with Crippen LogP contribution < -0.4 is 11.5 Å². The first-order valence-electron chi connectivity index (χ1n) is 9.78. The molecule has 0 aromatic carbocycles. The van der Waals surface area contributed by atoms with E-state index in [1.165, 1.54) is 26.5 Å². The van der Waals surface area contributed by atoms with E-state index in [2.05, 4.69) is 15.0 Å². The molecule has 0 aliphatic carbocycles. The summed E-state index contributed by atoms with van der Waals surface area (Å²) in [6.45, 7) is 4.04. The first-order chi connectivity index (χ1) is 14.8. The molecule has 4 N–H and O–H groups in total. The maximum atomic E-state index is 11.8. The molecule has 3 heterocycles. The normalized spacial score (nSPS) is 23.6. The second kappa shape index (κ2) is 9.81. The van der Waals surface area contributed by atoms with E-state index in [0.29, 0.717) is 30.8 Å². The zero-order chi connectivity index (χ0) is 22.5. The van der Waals surface area contributed by atoms with E-state index in [9.17, 15) is 9.59 Å². The number of nitrogens with two attached hydrogens (primary N) is 2. The summed E-state index contributed by atoms with van der Waals surface area (Å²) < 4.78 is 18.9. The van der Waals surface area contributed by atoms with Crippen LogP contribution in [0.15, 0.2) is 24.8 Å². The van der Waals surface area contributed by atoms with Crippen LogP contribution in [0.4, 0.5) is 5.82 Å². The van der Waals surface area contributed by atoms with Crippen molar-refractivity contribution in [1.29, 1.82) is 0 Å². The van der Waals surface area contributed by atoms with Crippen molar-refractivity contribution in [2.75, 3.05) is 32.4 Å². The van der Waals surface area contributed by atoms with Crippen molar-refractivity contribution in [3.05, 3.63) is 24.8 Å². The van der Waals surface area contributed by atoms with Crippen molar-refractivity contribution >= 4 is 28.9 Å². The lowest BCUT2D eigenvalue weighted by atomic mass is 10.1. The predicted octanol–water partition coefficient (Wildman–Crippen LogP) is -0.384. The summed E-state index contributed by atoms with van der Waals surface area (Å²) in [5, 5.41) is 0. The lowest BCUT2D eigenvalue weighted by Gasteiger charge is -2.25. The summed E-state index contributed by atoms with van der Waals surface area (Å²) >= 11 is 0. The fourth-order valence-corrected chi connectivity index (χ4v) is 3.52. The van der Waals surface area contributed by atoms with Gasteiger partial charge in [-0.25, -0.2) is 15.0 Å². The third kappa shape index (κ3) is 5.16. The Balaban J connectivity index is 1.94. The van der Waals surface area contributed by atoms with Gasteiger partial charge >= 0.3 is 11.9 Å². The van der Waals surface area contributed by atoms with Crippen LogP contribution in [0.25, 0.3) is 11.2 Å². The van der Waals surface area contributed by atoms with Gasteiger partial charge in [-0.05, 0) is 7.05 Å². The number of likely N-dealkylation sites (N-methyl/N-ethyl adjacent to an activating group) is 1. The van der Waals surface area contributed by atoms with Gasteiger partial charge in [0.25, 0.3) is 0 Å². The second-order valence-corrected chi connectivity index (χ2v) is 7.22. The van der Waals surface area contributed by atoms with Gasteiger partial charge in [0.2, 0.25) is 0 Å². The summed E-state index contributed by atoms with van der Waals surface area (Å²) in [6.07, 6.45) is 3.43. The summed E-state index contributed by atoms with van der Waals surface area (Å²) in [4.78, 5) is 38.1. The lowest BCUT2D eigenvalue weighted by molar-refractivity contribution is -0.165. The molecule has 0 saturated carbocycles. The molecular weight excluding hydrogens is 406 g/mol. The number of ether oxygens (including phenoxy) is 3. The summed E-state index contributed by atoms with van der Waals surface area (Å²) in [5.41, 5.74) is 12.2. The number of imidazole rings is 1. The maximum Gasteiger partial charge on any atom is 0.303 e. The predicted molar refractivity (Wildman–Crippen MR) is 110 cm³/mol. The minimum atomic E-state index is -0.909. The second-order valence-electron chi connectivity index (χ2n) is 7.22. The Kier molecular flexibility index (Phi) is 7.15. The molecule has 0 bridgehead atoms. The van der Waals surface area contributed by atoms with Gasteiger partial charge in [0, 0.05) is 33.5 Å². The zero-order valence-corrected chi connectivity index (χ0v) is 17.7. The fraction of sp³-hybridized carbons (Fsp3) is 0.526. The minimum absolute atomic E-state index is 0.213. The van der Waals surface area contributed by atoms with Gasteiger partial charge in [0.15, 0.2) is 29.9 Å². The number of rotatable bonds is 8. The highest BCUT2D eigenvalue weighted by Gasteiger charge is 2.50. The van der Waals surface area contributed by atoms with Crippen LogP contribution in [-0.4, -0.2) is 81.4 Å². The number of carbonyl (C=O) groups is 2. The van der Waals surface area contributed by atoms with Gasteiger partial charge in [-0.3, -0.25) is 19.1 Å². The highest BCUT2D eigenvalue weighted by atomic mass is 16.6. The minimum Gasteiger partial charge on any atom is -0.456 e. The fourth-order valence-electron chi connectivity index (χ4n) is 3.52. The van der Waals surface area contributed by atoms with Gasteiger partial charge in [0.05, 0.1) is 6.33 Å². The number of hydrogen-bond donors (Lipinski definition) is 2. The number of fused-ring (bicyclic) bond motifs is 1. The van der Waals surface area contributed by atoms with Crippen LogP contribution >= 0.6 is 0 Å². The average Bonchev–Trinajstić information content (AvgIpc) is 3.25. The van der Waals surface area contributed by atoms with E-state index in [1.807, 2.05) is 24.1 Å². The van der Waals surface area contributed by atoms with Crippen molar-refractivity contribution < 1.29 is 23.8 Å². The number of hydrogen-bond acceptors (Lipinski definition) is 11. The quantitative estimate of drug-likeness (QED) is 0.412. The van der Waals surface area contributed by atoms with Crippen LogP contribution in [0.2, 0.25) is 0 Å². The van der Waals surface area contributed by atoms with Crippen LogP contribution in [0, 0.1) is 0 Å². The lowest BCUT2D eigenvalue weighted by Crippen LogP contribution is -2.43. The molecule has 12 heteroatoms. The summed E-state index contributed by atoms with van der Waals surface area (Å²) in [5.74, 6) is -0.830. The van der Waals surface area contributed by atoms with Crippen molar-refractivity contribution in [3.63, 3.8) is 0 Å². The van der Waals surface area contributed by atoms with E-state index >= 15 is 0 Å². The molecule has 1 saturated heterocycles. The molecule has 31 heavy (non-hydrogen) atoms. The highest BCUT2D eigenvalue weighted by Crippen LogP contribution is 2.36. The van der Waals surface area contributed by atoms with Gasteiger partial charge in [0.1, 0.15) is 17.9 Å². The number of aromatic nitrogens is 4. The molecule has 12 nitrogen and oxygen atoms in total. The molecule has 1 aliphatic rings. The summed E-state index contributed by atoms with van der Waals surface area (Å²) in [6, 6.07) is 0. The molecular formula is C19H27N7O5. The maximum absolute atomic E-state index is 11.8. The van der Waals surface area contributed by atoms with Gasteiger partial charge in [-0.2, -0.15) is 0 Å². The van der Waals surface area contributed by atoms with Gasteiger partial charge in [-0.15, -0.1) is 0 Å². The number of nitrogen functional groups attached to an aromatic ring is 1. The molecule has 0 amide bonds. The smallest absolute Gasteiger partial charge is 0.303 e. The Hall–Kier alpha value is -3.09.